The standard InChI is InChI=1S/C27H30F2N6O2S/c1-4-17-9-11-27(5-2,25-19(17)13-22(33-34-25)24-20(28)7-6-8-21(24)29)23-10-12-30-26(32-23)18-14-31-35(15-18)16-38(3,36)37/h6-8,10,12-13,15,17,31H,4-5,9,11,14,16H2,1-3H3/t17-,27+/m0/s1. The van der Waals surface area contributed by atoms with Crippen LogP contribution in [-0.4, -0.2) is 52.3 Å². The second-order valence-corrected chi connectivity index (χ2v) is 12.1. The number of sulfone groups is 1. The Labute approximate surface area is 221 Å². The SMILES string of the molecule is CC[C@H]1CC[C@](CC)(c2ccnc(C3=CN(CS(C)(=O)=O)NC3)n2)c2nnc(-c3c(F)cccc3F)cc21. The summed E-state index contributed by atoms with van der Waals surface area (Å²) in [5.41, 5.74) is 5.80. The van der Waals surface area contributed by atoms with Crippen molar-refractivity contribution in [3.8, 4) is 11.3 Å². The Kier molecular flexibility index (Phi) is 6.99. The number of hydrogen-bond acceptors (Lipinski definition) is 8. The van der Waals surface area contributed by atoms with Gasteiger partial charge >= 0.3 is 0 Å². The number of benzene rings is 1. The molecular formula is C27H30F2N6O2S. The number of hydrogen-bond donors (Lipinski definition) is 1. The fraction of sp³-hybridized carbons (Fsp3) is 0.407. The van der Waals surface area contributed by atoms with Crippen molar-refractivity contribution >= 4 is 15.4 Å². The monoisotopic (exact) mass is 540 g/mol. The first-order valence-corrected chi connectivity index (χ1v) is 14.8. The van der Waals surface area contributed by atoms with Crippen LogP contribution in [0.4, 0.5) is 8.78 Å². The highest BCUT2D eigenvalue weighted by Crippen LogP contribution is 2.49. The molecule has 1 aliphatic carbocycles. The fourth-order valence-corrected chi connectivity index (χ4v) is 6.24. The van der Waals surface area contributed by atoms with E-state index in [1.807, 2.05) is 6.07 Å². The summed E-state index contributed by atoms with van der Waals surface area (Å²) >= 11 is 0. The third kappa shape index (κ3) is 4.80. The van der Waals surface area contributed by atoms with Crippen LogP contribution in [0.3, 0.4) is 0 Å². The molecule has 3 heterocycles. The zero-order valence-electron chi connectivity index (χ0n) is 21.6. The minimum atomic E-state index is -3.21. The summed E-state index contributed by atoms with van der Waals surface area (Å²) < 4.78 is 52.5. The summed E-state index contributed by atoms with van der Waals surface area (Å²) in [6.45, 7) is 4.58. The second-order valence-electron chi connectivity index (χ2n) is 9.99. The maximum atomic E-state index is 14.6. The normalized spacial score (nSPS) is 21.3. The Bertz CT molecular complexity index is 1490. The van der Waals surface area contributed by atoms with Gasteiger partial charge in [0, 0.05) is 30.8 Å². The average molecular weight is 541 g/mol. The van der Waals surface area contributed by atoms with Crippen molar-refractivity contribution in [3.05, 3.63) is 77.1 Å². The maximum absolute atomic E-state index is 14.6. The van der Waals surface area contributed by atoms with Gasteiger partial charge in [0.2, 0.25) is 0 Å². The van der Waals surface area contributed by atoms with Gasteiger partial charge in [-0.3, -0.25) is 5.01 Å². The Morgan fingerprint density at radius 2 is 1.92 bits per heavy atom. The lowest BCUT2D eigenvalue weighted by molar-refractivity contribution is 0.350. The van der Waals surface area contributed by atoms with Gasteiger partial charge in [-0.05, 0) is 61.4 Å². The molecule has 0 fully saturated rings. The van der Waals surface area contributed by atoms with E-state index in [4.69, 9.17) is 4.98 Å². The lowest BCUT2D eigenvalue weighted by Gasteiger charge is -2.39. The van der Waals surface area contributed by atoms with E-state index in [0.29, 0.717) is 18.8 Å². The molecule has 0 amide bonds. The third-order valence-corrected chi connectivity index (χ3v) is 8.29. The highest BCUT2D eigenvalue weighted by molar-refractivity contribution is 7.90. The van der Waals surface area contributed by atoms with Crippen molar-refractivity contribution in [2.75, 3.05) is 18.7 Å². The minimum Gasteiger partial charge on any atom is -0.300 e. The summed E-state index contributed by atoms with van der Waals surface area (Å²) in [5, 5.41) is 10.4. The van der Waals surface area contributed by atoms with E-state index in [1.54, 1.807) is 18.5 Å². The van der Waals surface area contributed by atoms with E-state index in [9.17, 15) is 17.2 Å². The molecule has 2 atom stereocenters. The number of halogens is 2. The van der Waals surface area contributed by atoms with Crippen LogP contribution in [0.25, 0.3) is 16.8 Å². The average Bonchev–Trinajstić information content (AvgIpc) is 3.35. The van der Waals surface area contributed by atoms with E-state index in [2.05, 4.69) is 34.5 Å². The van der Waals surface area contributed by atoms with Gasteiger partial charge in [0.25, 0.3) is 0 Å². The summed E-state index contributed by atoms with van der Waals surface area (Å²) in [5.74, 6) is -0.804. The van der Waals surface area contributed by atoms with Crippen LogP contribution in [0.15, 0.2) is 42.7 Å². The largest absolute Gasteiger partial charge is 0.300 e. The lowest BCUT2D eigenvalue weighted by Crippen LogP contribution is -2.36. The van der Waals surface area contributed by atoms with Crippen LogP contribution in [0, 0.1) is 11.6 Å². The lowest BCUT2D eigenvalue weighted by atomic mass is 9.65. The number of aromatic nitrogens is 4. The number of fused-ring (bicyclic) bond motifs is 1. The molecule has 2 aliphatic rings. The molecule has 0 saturated heterocycles. The van der Waals surface area contributed by atoms with Crippen LogP contribution in [0.5, 0.6) is 0 Å². The van der Waals surface area contributed by atoms with E-state index in [-0.39, 0.29) is 23.1 Å². The highest BCUT2D eigenvalue weighted by atomic mass is 32.2. The molecule has 1 N–H and O–H groups in total. The third-order valence-electron chi connectivity index (χ3n) is 7.54. The molecule has 1 aromatic carbocycles. The first kappa shape index (κ1) is 26.3. The van der Waals surface area contributed by atoms with E-state index in [0.717, 1.165) is 41.8 Å². The smallest absolute Gasteiger partial charge is 0.166 e. The van der Waals surface area contributed by atoms with Crippen LogP contribution in [0.1, 0.15) is 68.2 Å². The van der Waals surface area contributed by atoms with Crippen molar-refractivity contribution in [2.45, 2.75) is 50.9 Å². The van der Waals surface area contributed by atoms with Gasteiger partial charge in [-0.15, -0.1) is 5.10 Å². The van der Waals surface area contributed by atoms with Crippen LogP contribution < -0.4 is 5.43 Å². The molecule has 0 saturated carbocycles. The molecule has 5 rings (SSSR count). The Morgan fingerprint density at radius 1 is 1.16 bits per heavy atom. The van der Waals surface area contributed by atoms with Gasteiger partial charge in [0.1, 0.15) is 17.5 Å². The Balaban J connectivity index is 1.58. The predicted molar refractivity (Wildman–Crippen MR) is 140 cm³/mol. The molecule has 11 heteroatoms. The van der Waals surface area contributed by atoms with E-state index in [1.165, 1.54) is 29.5 Å². The van der Waals surface area contributed by atoms with Crippen molar-refractivity contribution in [3.63, 3.8) is 0 Å². The summed E-state index contributed by atoms with van der Waals surface area (Å²) in [6.07, 6.45) is 7.83. The Morgan fingerprint density at radius 3 is 2.61 bits per heavy atom. The summed E-state index contributed by atoms with van der Waals surface area (Å²) in [6, 6.07) is 7.44. The number of nitrogens with zero attached hydrogens (tertiary/aromatic N) is 5. The molecule has 2 aromatic heterocycles. The predicted octanol–water partition coefficient (Wildman–Crippen LogP) is 4.36. The number of hydrazine groups is 1. The quantitative estimate of drug-likeness (QED) is 0.472. The molecular weight excluding hydrogens is 510 g/mol. The van der Waals surface area contributed by atoms with E-state index >= 15 is 0 Å². The van der Waals surface area contributed by atoms with Crippen molar-refractivity contribution in [1.82, 2.24) is 30.6 Å². The molecule has 0 radical (unpaired) electrons. The molecule has 0 bridgehead atoms. The number of rotatable bonds is 7. The summed E-state index contributed by atoms with van der Waals surface area (Å²) in [4.78, 5) is 9.39. The molecule has 8 nitrogen and oxygen atoms in total. The zero-order chi connectivity index (χ0) is 27.1. The van der Waals surface area contributed by atoms with E-state index < -0.39 is 26.9 Å². The highest BCUT2D eigenvalue weighted by Gasteiger charge is 2.43. The Hall–Kier alpha value is -3.31. The van der Waals surface area contributed by atoms with Crippen molar-refractivity contribution < 1.29 is 17.2 Å². The van der Waals surface area contributed by atoms with Gasteiger partial charge in [0.15, 0.2) is 15.7 Å². The minimum absolute atomic E-state index is 0.151. The first-order valence-electron chi connectivity index (χ1n) is 12.7. The van der Waals surface area contributed by atoms with Crippen LogP contribution in [-0.2, 0) is 15.3 Å². The molecule has 0 unspecified atom stereocenters. The van der Waals surface area contributed by atoms with Crippen LogP contribution in [0.2, 0.25) is 0 Å². The van der Waals surface area contributed by atoms with Gasteiger partial charge < -0.3 is 0 Å². The first-order chi connectivity index (χ1) is 18.1. The van der Waals surface area contributed by atoms with Crippen LogP contribution >= 0.6 is 0 Å². The molecule has 200 valence electrons. The van der Waals surface area contributed by atoms with Gasteiger partial charge in [-0.2, -0.15) is 5.10 Å². The van der Waals surface area contributed by atoms with Crippen molar-refractivity contribution in [2.24, 2.45) is 0 Å². The van der Waals surface area contributed by atoms with Gasteiger partial charge in [0.05, 0.1) is 28.1 Å². The molecule has 3 aromatic rings. The van der Waals surface area contributed by atoms with Gasteiger partial charge in [-0.25, -0.2) is 32.6 Å². The fourth-order valence-electron chi connectivity index (χ4n) is 5.57. The molecule has 1 aliphatic heterocycles. The topological polar surface area (TPSA) is 101 Å². The molecule has 0 spiro atoms. The summed E-state index contributed by atoms with van der Waals surface area (Å²) in [7, 11) is -3.21. The second kappa shape index (κ2) is 10.1. The van der Waals surface area contributed by atoms with Crippen molar-refractivity contribution in [1.29, 1.82) is 0 Å². The molecule has 38 heavy (non-hydrogen) atoms. The number of nitrogens with one attached hydrogen (secondary N) is 1. The maximum Gasteiger partial charge on any atom is 0.166 e. The van der Waals surface area contributed by atoms with Gasteiger partial charge in [-0.1, -0.05) is 19.9 Å². The zero-order valence-corrected chi connectivity index (χ0v) is 22.4.